The SMILES string of the molecule is CCOc1ccccc1CNCc1ccc(F)cc1.Cl. The Morgan fingerprint density at radius 2 is 1.70 bits per heavy atom. The molecule has 2 rings (SSSR count). The average Bonchev–Trinajstić information content (AvgIpc) is 2.43. The van der Waals surface area contributed by atoms with Gasteiger partial charge >= 0.3 is 0 Å². The molecular formula is C16H19ClFNO. The van der Waals surface area contributed by atoms with E-state index in [2.05, 4.69) is 5.32 Å². The highest BCUT2D eigenvalue weighted by molar-refractivity contribution is 5.85. The molecule has 0 unspecified atom stereocenters. The second kappa shape index (κ2) is 8.56. The lowest BCUT2D eigenvalue weighted by molar-refractivity contribution is 0.335. The number of ether oxygens (including phenoxy) is 1. The number of para-hydroxylation sites is 1. The van der Waals surface area contributed by atoms with E-state index in [1.54, 1.807) is 12.1 Å². The minimum Gasteiger partial charge on any atom is -0.494 e. The zero-order chi connectivity index (χ0) is 13.5. The van der Waals surface area contributed by atoms with Gasteiger partial charge in [-0.25, -0.2) is 4.39 Å². The third-order valence-corrected chi connectivity index (χ3v) is 2.83. The summed E-state index contributed by atoms with van der Waals surface area (Å²) in [6.07, 6.45) is 0. The molecule has 108 valence electrons. The maximum atomic E-state index is 12.8. The van der Waals surface area contributed by atoms with Crippen molar-refractivity contribution >= 4 is 12.4 Å². The van der Waals surface area contributed by atoms with Gasteiger partial charge in [-0.15, -0.1) is 12.4 Å². The molecule has 0 amide bonds. The van der Waals surface area contributed by atoms with Crippen molar-refractivity contribution in [2.45, 2.75) is 20.0 Å². The number of hydrogen-bond acceptors (Lipinski definition) is 2. The monoisotopic (exact) mass is 295 g/mol. The summed E-state index contributed by atoms with van der Waals surface area (Å²) >= 11 is 0. The number of nitrogens with one attached hydrogen (secondary N) is 1. The fourth-order valence-corrected chi connectivity index (χ4v) is 1.89. The maximum Gasteiger partial charge on any atom is 0.123 e. The lowest BCUT2D eigenvalue weighted by Crippen LogP contribution is -2.13. The van der Waals surface area contributed by atoms with Crippen LogP contribution in [0.2, 0.25) is 0 Å². The Bertz CT molecular complexity index is 516. The summed E-state index contributed by atoms with van der Waals surface area (Å²) in [5.41, 5.74) is 2.20. The van der Waals surface area contributed by atoms with Gasteiger partial charge in [0.15, 0.2) is 0 Å². The quantitative estimate of drug-likeness (QED) is 0.872. The second-order valence-electron chi connectivity index (χ2n) is 4.27. The fourth-order valence-electron chi connectivity index (χ4n) is 1.89. The van der Waals surface area contributed by atoms with Crippen molar-refractivity contribution < 1.29 is 9.13 Å². The molecule has 0 heterocycles. The summed E-state index contributed by atoms with van der Waals surface area (Å²) < 4.78 is 18.3. The third kappa shape index (κ3) is 4.83. The molecule has 4 heteroatoms. The van der Waals surface area contributed by atoms with Gasteiger partial charge < -0.3 is 10.1 Å². The van der Waals surface area contributed by atoms with Gasteiger partial charge in [-0.3, -0.25) is 0 Å². The predicted octanol–water partition coefficient (Wildman–Crippen LogP) is 3.94. The van der Waals surface area contributed by atoms with Crippen molar-refractivity contribution in [3.8, 4) is 5.75 Å². The van der Waals surface area contributed by atoms with Gasteiger partial charge in [-0.05, 0) is 30.7 Å². The number of hydrogen-bond donors (Lipinski definition) is 1. The normalized spacial score (nSPS) is 9.90. The molecule has 0 bridgehead atoms. The van der Waals surface area contributed by atoms with Gasteiger partial charge in [0.25, 0.3) is 0 Å². The second-order valence-corrected chi connectivity index (χ2v) is 4.27. The summed E-state index contributed by atoms with van der Waals surface area (Å²) in [6, 6.07) is 14.5. The highest BCUT2D eigenvalue weighted by atomic mass is 35.5. The van der Waals surface area contributed by atoms with E-state index >= 15 is 0 Å². The summed E-state index contributed by atoms with van der Waals surface area (Å²) in [4.78, 5) is 0. The molecule has 0 aliphatic rings. The smallest absolute Gasteiger partial charge is 0.123 e. The van der Waals surface area contributed by atoms with E-state index in [4.69, 9.17) is 4.74 Å². The van der Waals surface area contributed by atoms with Crippen LogP contribution in [0, 0.1) is 5.82 Å². The molecule has 0 saturated carbocycles. The zero-order valence-electron chi connectivity index (χ0n) is 11.4. The van der Waals surface area contributed by atoms with Crippen LogP contribution < -0.4 is 10.1 Å². The van der Waals surface area contributed by atoms with Crippen LogP contribution in [0.1, 0.15) is 18.1 Å². The molecule has 0 aromatic heterocycles. The van der Waals surface area contributed by atoms with Crippen LogP contribution in [-0.2, 0) is 13.1 Å². The van der Waals surface area contributed by atoms with Crippen LogP contribution in [0.15, 0.2) is 48.5 Å². The molecule has 20 heavy (non-hydrogen) atoms. The predicted molar refractivity (Wildman–Crippen MR) is 81.8 cm³/mol. The van der Waals surface area contributed by atoms with Gasteiger partial charge in [-0.1, -0.05) is 30.3 Å². The number of rotatable bonds is 6. The van der Waals surface area contributed by atoms with E-state index in [0.717, 1.165) is 23.4 Å². The minimum atomic E-state index is -0.203. The molecule has 2 aromatic rings. The molecule has 0 spiro atoms. The van der Waals surface area contributed by atoms with Gasteiger partial charge in [0.1, 0.15) is 11.6 Å². The van der Waals surface area contributed by atoms with Crippen LogP contribution in [0.25, 0.3) is 0 Å². The van der Waals surface area contributed by atoms with Crippen LogP contribution in [0.4, 0.5) is 4.39 Å². The molecule has 0 aliphatic heterocycles. The van der Waals surface area contributed by atoms with Gasteiger partial charge in [0.05, 0.1) is 6.61 Å². The summed E-state index contributed by atoms with van der Waals surface area (Å²) in [6.45, 7) is 4.08. The van der Waals surface area contributed by atoms with Crippen LogP contribution in [0.3, 0.4) is 0 Å². The Kier molecular flexibility index (Phi) is 7.05. The Hall–Kier alpha value is -1.58. The number of halogens is 2. The molecule has 2 aromatic carbocycles. The van der Waals surface area contributed by atoms with Gasteiger partial charge in [0.2, 0.25) is 0 Å². The van der Waals surface area contributed by atoms with E-state index in [0.29, 0.717) is 13.2 Å². The number of benzene rings is 2. The lowest BCUT2D eigenvalue weighted by atomic mass is 10.2. The largest absolute Gasteiger partial charge is 0.494 e. The standard InChI is InChI=1S/C16H18FNO.ClH/c1-2-19-16-6-4-3-5-14(16)12-18-11-13-7-9-15(17)10-8-13;/h3-10,18H,2,11-12H2,1H3;1H. The molecule has 0 radical (unpaired) electrons. The highest BCUT2D eigenvalue weighted by Crippen LogP contribution is 2.17. The summed E-state index contributed by atoms with van der Waals surface area (Å²) in [7, 11) is 0. The van der Waals surface area contributed by atoms with Crippen molar-refractivity contribution in [1.82, 2.24) is 5.32 Å². The first kappa shape index (κ1) is 16.5. The van der Waals surface area contributed by atoms with E-state index in [1.165, 1.54) is 12.1 Å². The van der Waals surface area contributed by atoms with Crippen molar-refractivity contribution in [2.75, 3.05) is 6.61 Å². The molecule has 0 fully saturated rings. The molecule has 0 aliphatic carbocycles. The lowest BCUT2D eigenvalue weighted by Gasteiger charge is -2.11. The third-order valence-electron chi connectivity index (χ3n) is 2.83. The first-order valence-corrected chi connectivity index (χ1v) is 6.45. The summed E-state index contributed by atoms with van der Waals surface area (Å²) in [5.74, 6) is 0.710. The first-order valence-electron chi connectivity index (χ1n) is 6.45. The van der Waals surface area contributed by atoms with Crippen molar-refractivity contribution in [3.63, 3.8) is 0 Å². The van der Waals surface area contributed by atoms with E-state index < -0.39 is 0 Å². The Labute approximate surface area is 125 Å². The Morgan fingerprint density at radius 1 is 1.00 bits per heavy atom. The molecule has 0 atom stereocenters. The summed E-state index contributed by atoms with van der Waals surface area (Å²) in [5, 5.41) is 3.33. The minimum absolute atomic E-state index is 0. The highest BCUT2D eigenvalue weighted by Gasteiger charge is 2.01. The molecule has 0 saturated heterocycles. The molecule has 1 N–H and O–H groups in total. The van der Waals surface area contributed by atoms with E-state index in [-0.39, 0.29) is 18.2 Å². The fraction of sp³-hybridized carbons (Fsp3) is 0.250. The molecular weight excluding hydrogens is 277 g/mol. The zero-order valence-corrected chi connectivity index (χ0v) is 12.3. The topological polar surface area (TPSA) is 21.3 Å². The van der Waals surface area contributed by atoms with E-state index in [1.807, 2.05) is 31.2 Å². The van der Waals surface area contributed by atoms with Crippen LogP contribution in [0.5, 0.6) is 5.75 Å². The van der Waals surface area contributed by atoms with Crippen LogP contribution >= 0.6 is 12.4 Å². The van der Waals surface area contributed by atoms with Crippen molar-refractivity contribution in [1.29, 1.82) is 0 Å². The van der Waals surface area contributed by atoms with Crippen molar-refractivity contribution in [3.05, 3.63) is 65.5 Å². The molecule has 2 nitrogen and oxygen atoms in total. The van der Waals surface area contributed by atoms with Gasteiger partial charge in [0, 0.05) is 18.7 Å². The first-order chi connectivity index (χ1) is 9.29. The average molecular weight is 296 g/mol. The Morgan fingerprint density at radius 3 is 2.40 bits per heavy atom. The van der Waals surface area contributed by atoms with Gasteiger partial charge in [-0.2, -0.15) is 0 Å². The van der Waals surface area contributed by atoms with Crippen LogP contribution in [-0.4, -0.2) is 6.61 Å². The maximum absolute atomic E-state index is 12.8. The van der Waals surface area contributed by atoms with E-state index in [9.17, 15) is 4.39 Å². The Balaban J connectivity index is 0.00000200. The van der Waals surface area contributed by atoms with Crippen molar-refractivity contribution in [2.24, 2.45) is 0 Å².